The zero-order valence-electron chi connectivity index (χ0n) is 44.1. The van der Waals surface area contributed by atoms with Gasteiger partial charge in [0.2, 0.25) is 0 Å². The average Bonchev–Trinajstić information content (AvgIpc) is 3.41. The second kappa shape index (κ2) is 35.2. The maximum Gasteiger partial charge on any atom is 0.343 e. The van der Waals surface area contributed by atoms with Crippen LogP contribution < -0.4 is 18.9 Å². The minimum Gasteiger partial charge on any atom is -0.494 e. The lowest BCUT2D eigenvalue weighted by atomic mass is 10.0. The second-order valence-corrected chi connectivity index (χ2v) is 19.2. The molecule has 0 saturated heterocycles. The van der Waals surface area contributed by atoms with Gasteiger partial charge in [0.05, 0.1) is 35.7 Å². The molecule has 0 spiro atoms. The molecule has 0 aliphatic carbocycles. The molecule has 0 radical (unpaired) electrons. The number of carbonyl (C=O) groups is 2. The van der Waals surface area contributed by atoms with Gasteiger partial charge < -0.3 is 18.9 Å². The van der Waals surface area contributed by atoms with Crippen molar-refractivity contribution in [3.63, 3.8) is 0 Å². The molecule has 0 aromatic heterocycles. The zero-order valence-corrected chi connectivity index (χ0v) is 44.1. The summed E-state index contributed by atoms with van der Waals surface area (Å²) in [5.74, 6) is 1.37. The average molecular weight is 977 g/mol. The van der Waals surface area contributed by atoms with Crippen LogP contribution in [-0.2, 0) is 6.42 Å². The fourth-order valence-corrected chi connectivity index (χ4v) is 8.49. The lowest BCUT2D eigenvalue weighted by molar-refractivity contribution is 0.0731. The monoisotopic (exact) mass is 977 g/mol. The lowest BCUT2D eigenvalue weighted by Gasteiger charge is -2.13. The Kier molecular flexibility index (Phi) is 27.8. The van der Waals surface area contributed by atoms with Crippen molar-refractivity contribution in [2.24, 2.45) is 9.98 Å². The van der Waals surface area contributed by atoms with Crippen LogP contribution >= 0.6 is 0 Å². The molecule has 5 aromatic rings. The van der Waals surface area contributed by atoms with E-state index in [4.69, 9.17) is 18.9 Å². The first kappa shape index (κ1) is 56.9. The Labute approximate surface area is 433 Å². The van der Waals surface area contributed by atoms with E-state index in [1.165, 1.54) is 116 Å². The molecule has 5 aromatic carbocycles. The van der Waals surface area contributed by atoms with E-state index in [0.29, 0.717) is 28.3 Å². The summed E-state index contributed by atoms with van der Waals surface area (Å²) in [7, 11) is 0. The SMILES string of the molecule is CCCCCCCCCCCCOc1ccc(C=Nc2ccc(C(=O)Oc3ccc(CCCCCC)c(OC(=O)c4ccc(N=Cc5ccc(OCCCCCCCCCCCC)cc5)cc4)c3)cc2)cc1. The number of unbranched alkanes of at least 4 members (excludes halogenated alkanes) is 21. The number of hydrogen-bond donors (Lipinski definition) is 0. The summed E-state index contributed by atoms with van der Waals surface area (Å²) in [6.07, 6.45) is 34.7. The lowest BCUT2D eigenvalue weighted by Crippen LogP contribution is -2.11. The summed E-state index contributed by atoms with van der Waals surface area (Å²) >= 11 is 0. The first-order valence-electron chi connectivity index (χ1n) is 27.7. The molecule has 0 saturated carbocycles. The van der Waals surface area contributed by atoms with Crippen molar-refractivity contribution in [2.75, 3.05) is 13.2 Å². The summed E-state index contributed by atoms with van der Waals surface area (Å²) < 4.78 is 23.8. The van der Waals surface area contributed by atoms with Crippen LogP contribution in [-0.4, -0.2) is 37.6 Å². The number of nitrogens with zero attached hydrogens (tertiary/aromatic N) is 2. The number of carbonyl (C=O) groups excluding carboxylic acids is 2. The maximum absolute atomic E-state index is 13.5. The fraction of sp³-hybridized carbons (Fsp3) is 0.469. The van der Waals surface area contributed by atoms with Gasteiger partial charge in [-0.25, -0.2) is 9.59 Å². The standard InChI is InChI=1S/C64H84N2O6/c1-4-7-10-13-15-17-19-21-23-26-47-69-59-42-29-52(30-43-59)50-65-57-38-33-55(34-39-57)63(67)71-61-46-37-54(28-25-12-9-6-3)62(49-61)72-64(68)56-35-40-58(41-36-56)66-51-53-31-44-60(45-32-53)70-48-27-24-22-20-18-16-14-11-8-5-2/h29-46,49-51H,4-28,47-48H2,1-3H3. The van der Waals surface area contributed by atoms with Crippen LogP contribution in [0.4, 0.5) is 11.4 Å². The number of rotatable bonds is 37. The van der Waals surface area contributed by atoms with E-state index in [1.807, 2.05) is 54.6 Å². The Morgan fingerprint density at radius 2 is 0.750 bits per heavy atom. The summed E-state index contributed by atoms with van der Waals surface area (Å²) in [5, 5.41) is 0. The predicted octanol–water partition coefficient (Wildman–Crippen LogP) is 18.3. The van der Waals surface area contributed by atoms with Crippen LogP contribution in [0.25, 0.3) is 0 Å². The van der Waals surface area contributed by atoms with Crippen LogP contribution in [0.5, 0.6) is 23.0 Å². The van der Waals surface area contributed by atoms with Crippen molar-refractivity contribution in [3.05, 3.63) is 143 Å². The van der Waals surface area contributed by atoms with Gasteiger partial charge in [0, 0.05) is 18.5 Å². The molecule has 386 valence electrons. The number of ether oxygens (including phenoxy) is 4. The zero-order chi connectivity index (χ0) is 50.7. The van der Waals surface area contributed by atoms with Crippen LogP contribution in [0.2, 0.25) is 0 Å². The van der Waals surface area contributed by atoms with Crippen molar-refractivity contribution < 1.29 is 28.5 Å². The Bertz CT molecular complexity index is 2300. The first-order valence-corrected chi connectivity index (χ1v) is 27.7. The van der Waals surface area contributed by atoms with E-state index in [0.717, 1.165) is 86.3 Å². The van der Waals surface area contributed by atoms with Crippen LogP contribution in [0.15, 0.2) is 125 Å². The van der Waals surface area contributed by atoms with E-state index >= 15 is 0 Å². The molecule has 8 nitrogen and oxygen atoms in total. The van der Waals surface area contributed by atoms with Gasteiger partial charge in [-0.2, -0.15) is 0 Å². The van der Waals surface area contributed by atoms with Crippen LogP contribution in [0, 0.1) is 0 Å². The van der Waals surface area contributed by atoms with Gasteiger partial charge >= 0.3 is 11.9 Å². The molecule has 72 heavy (non-hydrogen) atoms. The highest BCUT2D eigenvalue weighted by atomic mass is 16.5. The molecule has 0 N–H and O–H groups in total. The molecule has 0 aliphatic heterocycles. The number of aliphatic imine (C=N–C) groups is 2. The Balaban J connectivity index is 1.06. The van der Waals surface area contributed by atoms with E-state index < -0.39 is 11.9 Å². The van der Waals surface area contributed by atoms with Crippen LogP contribution in [0.3, 0.4) is 0 Å². The molecule has 0 bridgehead atoms. The predicted molar refractivity (Wildman–Crippen MR) is 299 cm³/mol. The molecular weight excluding hydrogens is 893 g/mol. The van der Waals surface area contributed by atoms with Gasteiger partial charge in [0.25, 0.3) is 0 Å². The minimum absolute atomic E-state index is 0.288. The number of esters is 2. The number of hydrogen-bond acceptors (Lipinski definition) is 8. The number of aryl methyl sites for hydroxylation is 1. The third-order valence-electron chi connectivity index (χ3n) is 13.0. The molecule has 0 aliphatic rings. The van der Waals surface area contributed by atoms with E-state index in [9.17, 15) is 9.59 Å². The fourth-order valence-electron chi connectivity index (χ4n) is 8.49. The molecular formula is C64H84N2O6. The highest BCUT2D eigenvalue weighted by Gasteiger charge is 2.16. The minimum atomic E-state index is -0.521. The number of benzene rings is 5. The Morgan fingerprint density at radius 1 is 0.389 bits per heavy atom. The molecule has 0 fully saturated rings. The summed E-state index contributed by atoms with van der Waals surface area (Å²) in [6.45, 7) is 8.17. The third-order valence-corrected chi connectivity index (χ3v) is 13.0. The van der Waals surface area contributed by atoms with Gasteiger partial charge in [-0.05, 0) is 146 Å². The van der Waals surface area contributed by atoms with Gasteiger partial charge in [-0.15, -0.1) is 0 Å². The molecule has 0 atom stereocenters. The maximum atomic E-state index is 13.5. The van der Waals surface area contributed by atoms with E-state index in [2.05, 4.69) is 30.8 Å². The van der Waals surface area contributed by atoms with Crippen molar-refractivity contribution in [2.45, 2.75) is 181 Å². The molecule has 5 rings (SSSR count). The van der Waals surface area contributed by atoms with Crippen molar-refractivity contribution in [1.29, 1.82) is 0 Å². The topological polar surface area (TPSA) is 95.8 Å². The van der Waals surface area contributed by atoms with Gasteiger partial charge in [0.15, 0.2) is 0 Å². The van der Waals surface area contributed by atoms with Gasteiger partial charge in [0.1, 0.15) is 23.0 Å². The molecule has 8 heteroatoms. The Hall–Kier alpha value is -6.02. The largest absolute Gasteiger partial charge is 0.494 e. The summed E-state index contributed by atoms with van der Waals surface area (Å²) in [6, 6.07) is 35.1. The van der Waals surface area contributed by atoms with Crippen LogP contribution in [0.1, 0.15) is 212 Å². The van der Waals surface area contributed by atoms with Crippen molar-refractivity contribution in [1.82, 2.24) is 0 Å². The van der Waals surface area contributed by atoms with Gasteiger partial charge in [-0.3, -0.25) is 9.98 Å². The molecule has 0 unspecified atom stereocenters. The summed E-state index contributed by atoms with van der Waals surface area (Å²) in [4.78, 5) is 36.1. The normalized spacial score (nSPS) is 11.4. The van der Waals surface area contributed by atoms with Gasteiger partial charge in [-0.1, -0.05) is 162 Å². The highest BCUT2D eigenvalue weighted by molar-refractivity contribution is 5.93. The second-order valence-electron chi connectivity index (χ2n) is 19.2. The third kappa shape index (κ3) is 23.0. The smallest absolute Gasteiger partial charge is 0.343 e. The molecule has 0 amide bonds. The summed E-state index contributed by atoms with van der Waals surface area (Å²) in [5.41, 5.74) is 4.97. The van der Waals surface area contributed by atoms with Crippen molar-refractivity contribution >= 4 is 35.7 Å². The highest BCUT2D eigenvalue weighted by Crippen LogP contribution is 2.29. The van der Waals surface area contributed by atoms with E-state index in [-0.39, 0.29) is 5.75 Å². The quantitative estimate of drug-likeness (QED) is 0.0170. The van der Waals surface area contributed by atoms with Crippen molar-refractivity contribution in [3.8, 4) is 23.0 Å². The first-order chi connectivity index (χ1) is 35.4. The Morgan fingerprint density at radius 3 is 1.17 bits per heavy atom. The van der Waals surface area contributed by atoms with E-state index in [1.54, 1.807) is 73.1 Å². The molecule has 0 heterocycles.